The highest BCUT2D eigenvalue weighted by molar-refractivity contribution is 5.79. The monoisotopic (exact) mass is 402 g/mol. The van der Waals surface area contributed by atoms with Crippen LogP contribution in [0.5, 0.6) is 0 Å². The number of para-hydroxylation sites is 2. The highest BCUT2D eigenvalue weighted by atomic mass is 15.1. The van der Waals surface area contributed by atoms with Gasteiger partial charge in [-0.05, 0) is 78.1 Å². The predicted octanol–water partition coefficient (Wildman–Crippen LogP) is 7.89. The minimum atomic E-state index is 0.651. The third-order valence-corrected chi connectivity index (χ3v) is 6.80. The molecule has 1 N–H and O–H groups in total. The van der Waals surface area contributed by atoms with Gasteiger partial charge in [-0.25, -0.2) is 0 Å². The van der Waals surface area contributed by atoms with Gasteiger partial charge in [0, 0.05) is 34.7 Å². The SMILES string of the molecule is c1ccc(N(c2ccccc2)c2ccc(-c3ccc4c(c3)C3CCCC3N4)cc2)cc1. The first-order valence-electron chi connectivity index (χ1n) is 11.3. The normalized spacial score (nSPS) is 18.8. The van der Waals surface area contributed by atoms with Crippen molar-refractivity contribution >= 4 is 22.7 Å². The van der Waals surface area contributed by atoms with E-state index in [9.17, 15) is 0 Å². The molecule has 0 spiro atoms. The summed E-state index contributed by atoms with van der Waals surface area (Å²) >= 11 is 0. The molecule has 1 aliphatic carbocycles. The fourth-order valence-electron chi connectivity index (χ4n) is 5.29. The molecule has 1 aliphatic heterocycles. The highest BCUT2D eigenvalue weighted by Crippen LogP contribution is 2.46. The fraction of sp³-hybridized carbons (Fsp3) is 0.172. The minimum Gasteiger partial charge on any atom is -0.381 e. The number of fused-ring (bicyclic) bond motifs is 3. The summed E-state index contributed by atoms with van der Waals surface area (Å²) in [6.45, 7) is 0. The Morgan fingerprint density at radius 2 is 1.23 bits per heavy atom. The van der Waals surface area contributed by atoms with Crippen molar-refractivity contribution in [3.05, 3.63) is 109 Å². The number of nitrogens with zero attached hydrogens (tertiary/aromatic N) is 1. The number of nitrogens with one attached hydrogen (secondary N) is 1. The van der Waals surface area contributed by atoms with E-state index in [0.29, 0.717) is 12.0 Å². The van der Waals surface area contributed by atoms with Crippen LogP contribution >= 0.6 is 0 Å². The molecule has 0 radical (unpaired) electrons. The standard InChI is InChI=1S/C29H26N2/c1-3-8-23(9-4-1)31(24-10-5-2-6-11-24)25-17-14-21(15-18-25)22-16-19-29-27(20-22)26-12-7-13-28(26)30-29/h1-6,8-11,14-20,26,28,30H,7,12-13H2. The maximum atomic E-state index is 3.73. The molecule has 2 atom stereocenters. The Morgan fingerprint density at radius 3 is 1.90 bits per heavy atom. The summed E-state index contributed by atoms with van der Waals surface area (Å²) < 4.78 is 0. The van der Waals surface area contributed by atoms with E-state index in [4.69, 9.17) is 0 Å². The van der Waals surface area contributed by atoms with E-state index in [1.54, 1.807) is 0 Å². The zero-order valence-corrected chi connectivity index (χ0v) is 17.5. The molecule has 0 amide bonds. The van der Waals surface area contributed by atoms with Crippen molar-refractivity contribution in [3.8, 4) is 11.1 Å². The van der Waals surface area contributed by atoms with Crippen LogP contribution in [0.3, 0.4) is 0 Å². The summed E-state index contributed by atoms with van der Waals surface area (Å²) in [5.41, 5.74) is 8.93. The zero-order chi connectivity index (χ0) is 20.6. The average Bonchev–Trinajstić information content (AvgIpc) is 3.43. The van der Waals surface area contributed by atoms with Gasteiger partial charge in [0.25, 0.3) is 0 Å². The summed E-state index contributed by atoms with van der Waals surface area (Å²) in [5.74, 6) is 0.695. The molecule has 1 heterocycles. The molecular formula is C29H26N2. The predicted molar refractivity (Wildman–Crippen MR) is 131 cm³/mol. The van der Waals surface area contributed by atoms with E-state index in [0.717, 1.165) is 11.4 Å². The van der Waals surface area contributed by atoms with E-state index in [1.165, 1.54) is 47.3 Å². The third kappa shape index (κ3) is 3.29. The van der Waals surface area contributed by atoms with Crippen LogP contribution in [-0.2, 0) is 0 Å². The zero-order valence-electron chi connectivity index (χ0n) is 17.5. The third-order valence-electron chi connectivity index (χ3n) is 6.80. The van der Waals surface area contributed by atoms with Crippen LogP contribution in [0.2, 0.25) is 0 Å². The number of hydrogen-bond donors (Lipinski definition) is 1. The lowest BCUT2D eigenvalue weighted by molar-refractivity contribution is 0.690. The molecule has 6 rings (SSSR count). The maximum absolute atomic E-state index is 3.73. The van der Waals surface area contributed by atoms with Gasteiger partial charge in [0.15, 0.2) is 0 Å². The van der Waals surface area contributed by atoms with Gasteiger partial charge in [-0.2, -0.15) is 0 Å². The molecule has 4 aromatic carbocycles. The van der Waals surface area contributed by atoms with Gasteiger partial charge in [-0.3, -0.25) is 0 Å². The van der Waals surface area contributed by atoms with Gasteiger partial charge in [0.05, 0.1) is 0 Å². The molecule has 2 aliphatic rings. The number of anilines is 4. The molecule has 0 bridgehead atoms. The van der Waals surface area contributed by atoms with Crippen molar-refractivity contribution in [2.45, 2.75) is 31.2 Å². The Morgan fingerprint density at radius 1 is 0.613 bits per heavy atom. The van der Waals surface area contributed by atoms with Crippen LogP contribution in [-0.4, -0.2) is 6.04 Å². The second-order valence-corrected chi connectivity index (χ2v) is 8.64. The van der Waals surface area contributed by atoms with Gasteiger partial charge in [0.2, 0.25) is 0 Å². The van der Waals surface area contributed by atoms with Gasteiger partial charge in [0.1, 0.15) is 0 Å². The Labute approximate surface area is 184 Å². The Balaban J connectivity index is 1.35. The lowest BCUT2D eigenvalue weighted by Gasteiger charge is -2.25. The Kier molecular flexibility index (Phi) is 4.49. The first-order valence-corrected chi connectivity index (χ1v) is 11.3. The summed E-state index contributed by atoms with van der Waals surface area (Å²) in [6.07, 6.45) is 3.96. The Bertz CT molecular complexity index is 1140. The van der Waals surface area contributed by atoms with E-state index in [-0.39, 0.29) is 0 Å². The highest BCUT2D eigenvalue weighted by Gasteiger charge is 2.35. The molecular weight excluding hydrogens is 376 g/mol. The summed E-state index contributed by atoms with van der Waals surface area (Å²) in [5, 5.41) is 3.73. The lowest BCUT2D eigenvalue weighted by atomic mass is 9.94. The van der Waals surface area contributed by atoms with Crippen LogP contribution < -0.4 is 10.2 Å². The van der Waals surface area contributed by atoms with E-state index < -0.39 is 0 Å². The summed E-state index contributed by atoms with van der Waals surface area (Å²) in [7, 11) is 0. The second-order valence-electron chi connectivity index (χ2n) is 8.64. The van der Waals surface area contributed by atoms with Gasteiger partial charge in [-0.15, -0.1) is 0 Å². The van der Waals surface area contributed by atoms with Gasteiger partial charge in [-0.1, -0.05) is 61.0 Å². The fourth-order valence-corrected chi connectivity index (χ4v) is 5.29. The Hall–Kier alpha value is -3.52. The van der Waals surface area contributed by atoms with Crippen LogP contribution in [0.25, 0.3) is 11.1 Å². The minimum absolute atomic E-state index is 0.651. The average molecular weight is 403 g/mol. The molecule has 2 unspecified atom stereocenters. The molecule has 31 heavy (non-hydrogen) atoms. The molecule has 0 saturated heterocycles. The summed E-state index contributed by atoms with van der Waals surface area (Å²) in [4.78, 5) is 2.31. The van der Waals surface area contributed by atoms with E-state index >= 15 is 0 Å². The lowest BCUT2D eigenvalue weighted by Crippen LogP contribution is -2.13. The number of benzene rings is 4. The first-order chi connectivity index (χ1) is 15.4. The second kappa shape index (κ2) is 7.63. The molecule has 152 valence electrons. The first kappa shape index (κ1) is 18.3. The molecule has 4 aromatic rings. The summed E-state index contributed by atoms with van der Waals surface area (Å²) in [6, 6.07) is 37.7. The van der Waals surface area contributed by atoms with Crippen molar-refractivity contribution in [2.24, 2.45) is 0 Å². The number of hydrogen-bond acceptors (Lipinski definition) is 2. The van der Waals surface area contributed by atoms with Crippen molar-refractivity contribution in [1.29, 1.82) is 0 Å². The number of rotatable bonds is 4. The smallest absolute Gasteiger partial charge is 0.0462 e. The van der Waals surface area contributed by atoms with Gasteiger partial charge < -0.3 is 10.2 Å². The molecule has 0 aromatic heterocycles. The molecule has 2 heteroatoms. The quantitative estimate of drug-likeness (QED) is 0.373. The van der Waals surface area contributed by atoms with E-state index in [1.807, 2.05) is 0 Å². The maximum Gasteiger partial charge on any atom is 0.0462 e. The van der Waals surface area contributed by atoms with Crippen molar-refractivity contribution in [2.75, 3.05) is 10.2 Å². The van der Waals surface area contributed by atoms with Crippen molar-refractivity contribution in [1.82, 2.24) is 0 Å². The molecule has 1 saturated carbocycles. The van der Waals surface area contributed by atoms with Crippen LogP contribution in [0, 0.1) is 0 Å². The molecule has 2 nitrogen and oxygen atoms in total. The topological polar surface area (TPSA) is 15.3 Å². The molecule has 1 fully saturated rings. The van der Waals surface area contributed by atoms with Crippen LogP contribution in [0.1, 0.15) is 30.7 Å². The van der Waals surface area contributed by atoms with Gasteiger partial charge >= 0.3 is 0 Å². The van der Waals surface area contributed by atoms with Crippen LogP contribution in [0.4, 0.5) is 22.7 Å². The van der Waals surface area contributed by atoms with Crippen molar-refractivity contribution in [3.63, 3.8) is 0 Å². The van der Waals surface area contributed by atoms with Crippen molar-refractivity contribution < 1.29 is 0 Å². The van der Waals surface area contributed by atoms with Crippen LogP contribution in [0.15, 0.2) is 103 Å². The van der Waals surface area contributed by atoms with E-state index in [2.05, 4.69) is 113 Å². The largest absolute Gasteiger partial charge is 0.381 e.